The van der Waals surface area contributed by atoms with Gasteiger partial charge in [0.25, 0.3) is 0 Å². The molecule has 32 heavy (non-hydrogen) atoms. The highest BCUT2D eigenvalue weighted by atomic mass is 19.1. The Bertz CT molecular complexity index is 935. The number of rotatable bonds is 8. The van der Waals surface area contributed by atoms with E-state index in [-0.39, 0.29) is 30.3 Å². The highest BCUT2D eigenvalue weighted by Gasteiger charge is 2.22. The molecule has 1 heterocycles. The van der Waals surface area contributed by atoms with Crippen LogP contribution in [0.3, 0.4) is 0 Å². The fourth-order valence-electron chi connectivity index (χ4n) is 3.30. The molecule has 0 aromatic heterocycles. The van der Waals surface area contributed by atoms with Crippen LogP contribution in [0.2, 0.25) is 0 Å². The number of carbonyl (C=O) groups is 1. The van der Waals surface area contributed by atoms with Crippen molar-refractivity contribution in [1.82, 2.24) is 15.5 Å². The summed E-state index contributed by atoms with van der Waals surface area (Å²) in [6.45, 7) is 2.98. The second kappa shape index (κ2) is 11.4. The standard InChI is InChI=1S/C24H31FN4O3/c1-4-17(32-22-12-8-6-10-19(22)25)15-26-24(27-16-23(30)29(2)3)28-20-13-14-31-21-11-7-5-9-18(20)21/h5-12,17,20H,4,13-16H2,1-3H3,(H2,26,27,28). The number of ether oxygens (including phenoxy) is 2. The molecule has 0 saturated carbocycles. The van der Waals surface area contributed by atoms with E-state index in [0.717, 1.165) is 17.7 Å². The second-order valence-electron chi connectivity index (χ2n) is 7.78. The molecule has 7 nitrogen and oxygen atoms in total. The van der Waals surface area contributed by atoms with Gasteiger partial charge in [0.15, 0.2) is 17.5 Å². The van der Waals surface area contributed by atoms with Crippen LogP contribution >= 0.6 is 0 Å². The van der Waals surface area contributed by atoms with E-state index in [4.69, 9.17) is 9.47 Å². The zero-order chi connectivity index (χ0) is 22.9. The van der Waals surface area contributed by atoms with Crippen molar-refractivity contribution < 1.29 is 18.7 Å². The van der Waals surface area contributed by atoms with Crippen molar-refractivity contribution in [2.24, 2.45) is 4.99 Å². The predicted molar refractivity (Wildman–Crippen MR) is 123 cm³/mol. The number of aliphatic imine (C=N–C) groups is 1. The first kappa shape index (κ1) is 23.4. The molecule has 2 unspecified atom stereocenters. The lowest BCUT2D eigenvalue weighted by molar-refractivity contribution is -0.127. The van der Waals surface area contributed by atoms with Gasteiger partial charge in [-0.25, -0.2) is 9.38 Å². The molecule has 0 fully saturated rings. The molecule has 2 aromatic rings. The molecule has 172 valence electrons. The number of nitrogens with one attached hydrogen (secondary N) is 2. The van der Waals surface area contributed by atoms with Crippen LogP contribution in [0.5, 0.6) is 11.5 Å². The third-order valence-corrected chi connectivity index (χ3v) is 5.22. The summed E-state index contributed by atoms with van der Waals surface area (Å²) in [4.78, 5) is 18.1. The summed E-state index contributed by atoms with van der Waals surface area (Å²) >= 11 is 0. The van der Waals surface area contributed by atoms with Gasteiger partial charge in [0, 0.05) is 26.1 Å². The van der Waals surface area contributed by atoms with Gasteiger partial charge in [-0.05, 0) is 24.6 Å². The number of likely N-dealkylation sites (N-methyl/N-ethyl adjacent to an activating group) is 1. The van der Waals surface area contributed by atoms with Crippen LogP contribution in [0.4, 0.5) is 4.39 Å². The van der Waals surface area contributed by atoms with Gasteiger partial charge in [-0.3, -0.25) is 4.79 Å². The zero-order valence-corrected chi connectivity index (χ0v) is 18.8. The quantitative estimate of drug-likeness (QED) is 0.485. The average molecular weight is 443 g/mol. The Kier molecular flexibility index (Phi) is 8.30. The number of nitrogens with zero attached hydrogens (tertiary/aromatic N) is 2. The predicted octanol–water partition coefficient (Wildman–Crippen LogP) is 3.13. The first-order valence-electron chi connectivity index (χ1n) is 10.9. The third kappa shape index (κ3) is 6.35. The third-order valence-electron chi connectivity index (χ3n) is 5.22. The maximum atomic E-state index is 14.0. The molecule has 0 radical (unpaired) electrons. The summed E-state index contributed by atoms with van der Waals surface area (Å²) in [5.41, 5.74) is 1.04. The largest absolute Gasteiger partial charge is 0.493 e. The van der Waals surface area contributed by atoms with Gasteiger partial charge in [-0.15, -0.1) is 0 Å². The van der Waals surface area contributed by atoms with E-state index >= 15 is 0 Å². The van der Waals surface area contributed by atoms with Crippen molar-refractivity contribution in [3.8, 4) is 11.5 Å². The maximum Gasteiger partial charge on any atom is 0.243 e. The number of fused-ring (bicyclic) bond motifs is 1. The molecule has 1 amide bonds. The summed E-state index contributed by atoms with van der Waals surface area (Å²) in [6.07, 6.45) is 1.17. The van der Waals surface area contributed by atoms with E-state index in [2.05, 4.69) is 15.6 Å². The SMILES string of the molecule is CCC(CNC(=NCC(=O)N(C)C)NC1CCOc2ccccc21)Oc1ccccc1F. The molecule has 0 saturated heterocycles. The summed E-state index contributed by atoms with van der Waals surface area (Å²) in [5.74, 6) is 1.06. The van der Waals surface area contributed by atoms with Crippen LogP contribution < -0.4 is 20.1 Å². The van der Waals surface area contributed by atoms with Gasteiger partial charge >= 0.3 is 0 Å². The molecular formula is C24H31FN4O3. The first-order chi connectivity index (χ1) is 15.5. The van der Waals surface area contributed by atoms with Crippen LogP contribution in [0.25, 0.3) is 0 Å². The molecule has 2 aromatic carbocycles. The van der Waals surface area contributed by atoms with Crippen LogP contribution in [0.15, 0.2) is 53.5 Å². The van der Waals surface area contributed by atoms with Gasteiger partial charge < -0.3 is 25.0 Å². The lowest BCUT2D eigenvalue weighted by atomic mass is 10.0. The van der Waals surface area contributed by atoms with E-state index in [9.17, 15) is 9.18 Å². The molecule has 8 heteroatoms. The lowest BCUT2D eigenvalue weighted by Gasteiger charge is -2.28. The number of hydrogen-bond donors (Lipinski definition) is 2. The fraction of sp³-hybridized carbons (Fsp3) is 0.417. The number of carbonyl (C=O) groups excluding carboxylic acids is 1. The molecule has 2 N–H and O–H groups in total. The van der Waals surface area contributed by atoms with Crippen LogP contribution in [-0.2, 0) is 4.79 Å². The van der Waals surface area contributed by atoms with Gasteiger partial charge in [-0.1, -0.05) is 37.3 Å². The van der Waals surface area contributed by atoms with Gasteiger partial charge in [0.1, 0.15) is 18.4 Å². The molecule has 1 aliphatic rings. The minimum Gasteiger partial charge on any atom is -0.493 e. The Morgan fingerprint density at radius 3 is 2.75 bits per heavy atom. The molecule has 2 atom stereocenters. The maximum absolute atomic E-state index is 14.0. The number of hydrogen-bond acceptors (Lipinski definition) is 4. The van der Waals surface area contributed by atoms with E-state index in [1.54, 1.807) is 32.3 Å². The van der Waals surface area contributed by atoms with E-state index in [1.807, 2.05) is 31.2 Å². The topological polar surface area (TPSA) is 75.2 Å². The fourth-order valence-corrected chi connectivity index (χ4v) is 3.30. The summed E-state index contributed by atoms with van der Waals surface area (Å²) < 4.78 is 25.6. The van der Waals surface area contributed by atoms with Gasteiger partial charge in [0.2, 0.25) is 5.91 Å². The van der Waals surface area contributed by atoms with Crippen molar-refractivity contribution in [2.45, 2.75) is 31.9 Å². The molecule has 0 bridgehead atoms. The Balaban J connectivity index is 1.71. The van der Waals surface area contributed by atoms with E-state index in [0.29, 0.717) is 25.5 Å². The van der Waals surface area contributed by atoms with Crippen LogP contribution in [0, 0.1) is 5.82 Å². The normalized spacial score (nSPS) is 16.4. The molecule has 3 rings (SSSR count). The van der Waals surface area contributed by atoms with Crippen molar-refractivity contribution in [3.05, 3.63) is 59.9 Å². The number of guanidine groups is 1. The van der Waals surface area contributed by atoms with Crippen molar-refractivity contribution in [2.75, 3.05) is 33.8 Å². The smallest absolute Gasteiger partial charge is 0.243 e. The highest BCUT2D eigenvalue weighted by Crippen LogP contribution is 2.31. The van der Waals surface area contributed by atoms with E-state index < -0.39 is 5.82 Å². The average Bonchev–Trinajstić information content (AvgIpc) is 2.80. The number of amides is 1. The Labute approximate surface area is 188 Å². The Hall–Kier alpha value is -3.29. The molecule has 0 aliphatic carbocycles. The number of benzene rings is 2. The van der Waals surface area contributed by atoms with Crippen molar-refractivity contribution in [1.29, 1.82) is 0 Å². The van der Waals surface area contributed by atoms with Crippen molar-refractivity contribution >= 4 is 11.9 Å². The lowest BCUT2D eigenvalue weighted by Crippen LogP contribution is -2.45. The zero-order valence-electron chi connectivity index (χ0n) is 18.8. The van der Waals surface area contributed by atoms with Gasteiger partial charge in [0.05, 0.1) is 19.2 Å². The number of para-hydroxylation sites is 2. The van der Waals surface area contributed by atoms with Gasteiger partial charge in [-0.2, -0.15) is 0 Å². The molecule has 1 aliphatic heterocycles. The minimum absolute atomic E-state index is 0.00628. The molecule has 0 spiro atoms. The van der Waals surface area contributed by atoms with Crippen molar-refractivity contribution in [3.63, 3.8) is 0 Å². The highest BCUT2D eigenvalue weighted by molar-refractivity contribution is 5.85. The summed E-state index contributed by atoms with van der Waals surface area (Å²) in [6, 6.07) is 14.2. The Morgan fingerprint density at radius 2 is 2.00 bits per heavy atom. The van der Waals surface area contributed by atoms with E-state index in [1.165, 1.54) is 11.0 Å². The second-order valence-corrected chi connectivity index (χ2v) is 7.78. The first-order valence-corrected chi connectivity index (χ1v) is 10.9. The minimum atomic E-state index is -0.395. The molecular weight excluding hydrogens is 411 g/mol. The Morgan fingerprint density at radius 1 is 1.25 bits per heavy atom. The monoisotopic (exact) mass is 442 g/mol. The number of halogens is 1. The van der Waals surface area contributed by atoms with Crippen LogP contribution in [0.1, 0.15) is 31.4 Å². The van der Waals surface area contributed by atoms with Crippen LogP contribution in [-0.4, -0.2) is 56.7 Å². The summed E-state index contributed by atoms with van der Waals surface area (Å²) in [7, 11) is 3.39. The summed E-state index contributed by atoms with van der Waals surface area (Å²) in [5, 5.41) is 6.68.